The number of carbonyl (C=O) groups excluding carboxylic acids is 1. The van der Waals surface area contributed by atoms with E-state index in [0.29, 0.717) is 5.82 Å². The first kappa shape index (κ1) is 14.1. The number of sulfone groups is 1. The van der Waals surface area contributed by atoms with Crippen LogP contribution in [-0.2, 0) is 14.6 Å². The molecular formula is C10H13BrN2O3S. The fourth-order valence-corrected chi connectivity index (χ4v) is 1.69. The van der Waals surface area contributed by atoms with Crippen molar-refractivity contribution >= 4 is 37.5 Å². The topological polar surface area (TPSA) is 76.1 Å². The van der Waals surface area contributed by atoms with Gasteiger partial charge in [0.05, 0.1) is 0 Å². The summed E-state index contributed by atoms with van der Waals surface area (Å²) in [4.78, 5) is 15.6. The fourth-order valence-electron chi connectivity index (χ4n) is 1.03. The van der Waals surface area contributed by atoms with Crippen LogP contribution >= 0.6 is 15.9 Å². The number of anilines is 1. The Hall–Kier alpha value is -0.950. The van der Waals surface area contributed by atoms with E-state index in [0.717, 1.165) is 16.3 Å². The van der Waals surface area contributed by atoms with Gasteiger partial charge in [0.25, 0.3) is 0 Å². The minimum absolute atomic E-state index is 0.339. The average Bonchev–Trinajstić information content (AvgIpc) is 2.21. The van der Waals surface area contributed by atoms with Crippen molar-refractivity contribution in [2.24, 2.45) is 0 Å². The molecule has 0 radical (unpaired) electrons. The second-order valence-corrected chi connectivity index (χ2v) is 7.00. The van der Waals surface area contributed by atoms with Crippen molar-refractivity contribution in [3.63, 3.8) is 0 Å². The number of rotatable bonds is 3. The molecule has 0 aliphatic carbocycles. The molecule has 0 saturated heterocycles. The monoisotopic (exact) mass is 320 g/mol. The molecular weight excluding hydrogens is 308 g/mol. The van der Waals surface area contributed by atoms with Gasteiger partial charge in [0.1, 0.15) is 11.1 Å². The second kappa shape index (κ2) is 5.14. The third-order valence-electron chi connectivity index (χ3n) is 2.31. The van der Waals surface area contributed by atoms with E-state index in [2.05, 4.69) is 26.2 Å². The summed E-state index contributed by atoms with van der Waals surface area (Å²) >= 11 is 3.29. The van der Waals surface area contributed by atoms with Crippen molar-refractivity contribution < 1.29 is 13.2 Å². The van der Waals surface area contributed by atoms with Crippen molar-refractivity contribution in [1.29, 1.82) is 0 Å². The van der Waals surface area contributed by atoms with Crippen molar-refractivity contribution in [3.8, 4) is 0 Å². The molecule has 1 atom stereocenters. The Kier molecular flexibility index (Phi) is 4.26. The van der Waals surface area contributed by atoms with Gasteiger partial charge in [-0.3, -0.25) is 4.79 Å². The predicted molar refractivity (Wildman–Crippen MR) is 69.6 cm³/mol. The summed E-state index contributed by atoms with van der Waals surface area (Å²) < 4.78 is 23.2. The number of nitrogens with one attached hydrogen (secondary N) is 1. The van der Waals surface area contributed by atoms with Crippen molar-refractivity contribution in [2.45, 2.75) is 19.1 Å². The molecule has 1 aromatic rings. The maximum Gasteiger partial charge on any atom is 0.243 e. The molecule has 1 amide bonds. The van der Waals surface area contributed by atoms with Crippen molar-refractivity contribution in [2.75, 3.05) is 11.6 Å². The molecule has 0 spiro atoms. The fraction of sp³-hybridized carbons (Fsp3) is 0.400. The van der Waals surface area contributed by atoms with E-state index in [1.807, 2.05) is 6.92 Å². The molecule has 1 N–H and O–H groups in total. The third-order valence-corrected chi connectivity index (χ3v) is 4.64. The zero-order valence-electron chi connectivity index (χ0n) is 9.69. The number of aromatic nitrogens is 1. The maximum absolute atomic E-state index is 11.6. The highest BCUT2D eigenvalue weighted by Gasteiger charge is 2.23. The van der Waals surface area contributed by atoms with Crippen LogP contribution in [0.4, 0.5) is 5.82 Å². The van der Waals surface area contributed by atoms with Crippen LogP contribution in [0.25, 0.3) is 0 Å². The van der Waals surface area contributed by atoms with E-state index >= 15 is 0 Å². The quantitative estimate of drug-likeness (QED) is 0.916. The Morgan fingerprint density at radius 3 is 2.59 bits per heavy atom. The number of aryl methyl sites for hydroxylation is 1. The minimum atomic E-state index is -3.39. The van der Waals surface area contributed by atoms with Crippen LogP contribution in [0.3, 0.4) is 0 Å². The molecule has 0 fully saturated rings. The Labute approximate surface area is 109 Å². The number of hydrogen-bond acceptors (Lipinski definition) is 4. The van der Waals surface area contributed by atoms with E-state index in [-0.39, 0.29) is 0 Å². The molecule has 0 saturated carbocycles. The Morgan fingerprint density at radius 1 is 1.53 bits per heavy atom. The van der Waals surface area contributed by atoms with Crippen LogP contribution in [0.5, 0.6) is 0 Å². The van der Waals surface area contributed by atoms with Crippen LogP contribution in [0, 0.1) is 6.92 Å². The van der Waals surface area contributed by atoms with E-state index in [1.165, 1.54) is 6.92 Å². The lowest BCUT2D eigenvalue weighted by atomic mass is 10.3. The number of halogens is 1. The number of carbonyl (C=O) groups is 1. The molecule has 7 heteroatoms. The molecule has 17 heavy (non-hydrogen) atoms. The van der Waals surface area contributed by atoms with Gasteiger partial charge in [0.15, 0.2) is 9.84 Å². The summed E-state index contributed by atoms with van der Waals surface area (Å²) in [6.07, 6.45) is 2.58. The lowest BCUT2D eigenvalue weighted by molar-refractivity contribution is -0.115. The molecule has 5 nitrogen and oxygen atoms in total. The van der Waals surface area contributed by atoms with Crippen LogP contribution in [0.15, 0.2) is 16.7 Å². The number of pyridine rings is 1. The van der Waals surface area contributed by atoms with Gasteiger partial charge < -0.3 is 5.32 Å². The van der Waals surface area contributed by atoms with Gasteiger partial charge in [0, 0.05) is 16.9 Å². The first-order chi connectivity index (χ1) is 7.71. The summed E-state index contributed by atoms with van der Waals surface area (Å²) in [6, 6.07) is 1.66. The molecule has 1 heterocycles. The van der Waals surface area contributed by atoms with Crippen LogP contribution in [0.1, 0.15) is 12.5 Å². The summed E-state index contributed by atoms with van der Waals surface area (Å²) in [7, 11) is -3.39. The van der Waals surface area contributed by atoms with Gasteiger partial charge in [-0.2, -0.15) is 0 Å². The molecule has 1 aromatic heterocycles. The predicted octanol–water partition coefficient (Wildman–Crippen LogP) is 1.52. The molecule has 1 unspecified atom stereocenters. The minimum Gasteiger partial charge on any atom is -0.310 e. The van der Waals surface area contributed by atoms with Crippen LogP contribution in [-0.4, -0.2) is 30.8 Å². The molecule has 1 rings (SSSR count). The van der Waals surface area contributed by atoms with E-state index in [1.54, 1.807) is 12.3 Å². The van der Waals surface area contributed by atoms with Gasteiger partial charge in [-0.25, -0.2) is 13.4 Å². The normalized spacial score (nSPS) is 13.2. The molecule has 94 valence electrons. The zero-order valence-corrected chi connectivity index (χ0v) is 12.1. The Morgan fingerprint density at radius 2 is 2.12 bits per heavy atom. The standard InChI is InChI=1S/C10H13BrN2O3S/c1-6-4-9(12-5-8(6)11)13-10(14)7(2)17(3,15)16/h4-5,7H,1-3H3,(H,12,13,14). The first-order valence-corrected chi connectivity index (χ1v) is 7.58. The highest BCUT2D eigenvalue weighted by molar-refractivity contribution is 9.10. The summed E-state index contributed by atoms with van der Waals surface area (Å²) in [5.41, 5.74) is 0.905. The SMILES string of the molecule is Cc1cc(NC(=O)C(C)S(C)(=O)=O)ncc1Br. The Bertz CT molecular complexity index is 542. The van der Waals surface area contributed by atoms with Gasteiger partial charge in [0.2, 0.25) is 5.91 Å². The van der Waals surface area contributed by atoms with E-state index in [4.69, 9.17) is 0 Å². The van der Waals surface area contributed by atoms with Gasteiger partial charge in [-0.05, 0) is 41.4 Å². The second-order valence-electron chi connectivity index (χ2n) is 3.78. The third kappa shape index (κ3) is 3.78. The van der Waals surface area contributed by atoms with Crippen LogP contribution < -0.4 is 5.32 Å². The maximum atomic E-state index is 11.6. The summed E-state index contributed by atoms with van der Waals surface area (Å²) in [5.74, 6) is -0.243. The first-order valence-electron chi connectivity index (χ1n) is 4.83. The van der Waals surface area contributed by atoms with Crippen molar-refractivity contribution in [3.05, 3.63) is 22.3 Å². The van der Waals surface area contributed by atoms with Gasteiger partial charge >= 0.3 is 0 Å². The lowest BCUT2D eigenvalue weighted by Gasteiger charge is -2.10. The average molecular weight is 321 g/mol. The largest absolute Gasteiger partial charge is 0.310 e. The van der Waals surface area contributed by atoms with E-state index < -0.39 is 21.0 Å². The Balaban J connectivity index is 2.85. The van der Waals surface area contributed by atoms with E-state index in [9.17, 15) is 13.2 Å². The number of amides is 1. The van der Waals surface area contributed by atoms with Gasteiger partial charge in [-0.15, -0.1) is 0 Å². The zero-order chi connectivity index (χ0) is 13.2. The molecule has 0 aliphatic rings. The van der Waals surface area contributed by atoms with Crippen LogP contribution in [0.2, 0.25) is 0 Å². The molecule has 0 bridgehead atoms. The number of nitrogens with zero attached hydrogens (tertiary/aromatic N) is 1. The highest BCUT2D eigenvalue weighted by Crippen LogP contribution is 2.17. The molecule has 0 aliphatic heterocycles. The van der Waals surface area contributed by atoms with Crippen molar-refractivity contribution in [1.82, 2.24) is 4.98 Å². The highest BCUT2D eigenvalue weighted by atomic mass is 79.9. The summed E-state index contributed by atoms with van der Waals surface area (Å²) in [6.45, 7) is 3.19. The summed E-state index contributed by atoms with van der Waals surface area (Å²) in [5, 5.41) is 1.38. The number of hydrogen-bond donors (Lipinski definition) is 1. The molecule has 0 aromatic carbocycles. The van der Waals surface area contributed by atoms with Gasteiger partial charge in [-0.1, -0.05) is 0 Å². The lowest BCUT2D eigenvalue weighted by Crippen LogP contribution is -2.32. The smallest absolute Gasteiger partial charge is 0.243 e.